The van der Waals surface area contributed by atoms with Gasteiger partial charge in [-0.3, -0.25) is 4.84 Å². The van der Waals surface area contributed by atoms with Gasteiger partial charge < -0.3 is 35.2 Å². The summed E-state index contributed by atoms with van der Waals surface area (Å²) in [6.07, 6.45) is -4.53. The summed E-state index contributed by atoms with van der Waals surface area (Å²) < 4.78 is 10.6. The van der Waals surface area contributed by atoms with E-state index in [1.165, 1.54) is 0 Å². The second-order valence-electron chi connectivity index (χ2n) is 6.83. The molecular weight excluding hydrogens is 450 g/mol. The molecule has 5 N–H and O–H groups in total. The number of aliphatic hydroxyl groups is 2. The number of aliphatic imine (C=N–C) groups is 1. The summed E-state index contributed by atoms with van der Waals surface area (Å²) in [5, 5.41) is 37.5. The number of carboxylic acid groups (broad SMARTS) is 2. The predicted octanol–water partition coefficient (Wildman–Crippen LogP) is 0.606. The van der Waals surface area contributed by atoms with Gasteiger partial charge in [-0.2, -0.15) is 0 Å². The number of guanidine groups is 1. The van der Waals surface area contributed by atoms with Gasteiger partial charge in [0.2, 0.25) is 5.96 Å². The molecule has 2 unspecified atom stereocenters. The monoisotopic (exact) mass is 477 g/mol. The van der Waals surface area contributed by atoms with Crippen molar-refractivity contribution in [3.63, 3.8) is 0 Å². The third kappa shape index (κ3) is 7.62. The van der Waals surface area contributed by atoms with Crippen molar-refractivity contribution in [1.29, 1.82) is 0 Å². The zero-order valence-electron chi connectivity index (χ0n) is 18.6. The molecule has 0 spiro atoms. The molecule has 2 aromatic carbocycles. The molecule has 1 aliphatic rings. The number of rotatable bonds is 9. The van der Waals surface area contributed by atoms with Gasteiger partial charge >= 0.3 is 11.9 Å². The number of carbonyl (C=O) groups is 2. The van der Waals surface area contributed by atoms with E-state index >= 15 is 0 Å². The van der Waals surface area contributed by atoms with Crippen LogP contribution in [0.2, 0.25) is 0 Å². The van der Waals surface area contributed by atoms with Crippen LogP contribution in [0, 0.1) is 0 Å². The van der Waals surface area contributed by atoms with E-state index in [1.54, 1.807) is 19.3 Å². The molecule has 2 atom stereocenters. The Labute approximate surface area is 195 Å². The van der Waals surface area contributed by atoms with E-state index in [0.717, 1.165) is 24.3 Å². The van der Waals surface area contributed by atoms with Gasteiger partial charge in [0.25, 0.3) is 0 Å². The van der Waals surface area contributed by atoms with Crippen molar-refractivity contribution in [3.05, 3.63) is 54.1 Å². The molecular formula is C22H27N3O9. The lowest BCUT2D eigenvalue weighted by atomic mass is 10.2. The van der Waals surface area contributed by atoms with Crippen molar-refractivity contribution in [1.82, 2.24) is 10.4 Å². The largest absolute Gasteiger partial charge is 0.493 e. The van der Waals surface area contributed by atoms with Crippen LogP contribution in [0.25, 0.3) is 0 Å². The van der Waals surface area contributed by atoms with Gasteiger partial charge in [0, 0.05) is 12.6 Å². The molecule has 0 aromatic heterocycles. The van der Waals surface area contributed by atoms with Crippen LogP contribution in [0.3, 0.4) is 0 Å². The maximum absolute atomic E-state index is 9.77. The Hall–Kier alpha value is -3.87. The van der Waals surface area contributed by atoms with E-state index in [-0.39, 0.29) is 0 Å². The molecule has 0 saturated carbocycles. The molecule has 184 valence electrons. The van der Waals surface area contributed by atoms with Crippen LogP contribution in [-0.4, -0.2) is 82.9 Å². The van der Waals surface area contributed by atoms with Gasteiger partial charge in [0.1, 0.15) is 6.61 Å². The SMILES string of the molecule is COc1ccc(/N=C2\NCCN2OCc2ccccc2)cc1OC.O=C(O)C(O)C(O)C(=O)O. The number of nitrogens with one attached hydrogen (secondary N) is 1. The highest BCUT2D eigenvalue weighted by Crippen LogP contribution is 2.31. The smallest absolute Gasteiger partial charge is 0.335 e. The summed E-state index contributed by atoms with van der Waals surface area (Å²) in [6.45, 7) is 2.05. The lowest BCUT2D eigenvalue weighted by Crippen LogP contribution is -2.39. The molecule has 1 aliphatic heterocycles. The summed E-state index contributed by atoms with van der Waals surface area (Å²) in [7, 11) is 3.22. The zero-order valence-corrected chi connectivity index (χ0v) is 18.6. The fourth-order valence-electron chi connectivity index (χ4n) is 2.70. The van der Waals surface area contributed by atoms with Crippen LogP contribution in [0.4, 0.5) is 5.69 Å². The Morgan fingerprint density at radius 1 is 1.00 bits per heavy atom. The fraction of sp³-hybridized carbons (Fsp3) is 0.318. The van der Waals surface area contributed by atoms with Crippen molar-refractivity contribution in [2.75, 3.05) is 27.3 Å². The van der Waals surface area contributed by atoms with E-state index in [1.807, 2.05) is 48.5 Å². The fourth-order valence-corrected chi connectivity index (χ4v) is 2.70. The number of hydrogen-bond donors (Lipinski definition) is 5. The normalized spacial score (nSPS) is 15.5. The topological polar surface area (TPSA) is 170 Å². The first-order valence-corrected chi connectivity index (χ1v) is 10.1. The molecule has 1 fully saturated rings. The van der Waals surface area contributed by atoms with Gasteiger partial charge in [-0.1, -0.05) is 30.3 Å². The molecule has 0 bridgehead atoms. The molecule has 0 radical (unpaired) electrons. The van der Waals surface area contributed by atoms with Crippen LogP contribution >= 0.6 is 0 Å². The van der Waals surface area contributed by atoms with E-state index in [2.05, 4.69) is 10.3 Å². The minimum atomic E-state index is -2.27. The van der Waals surface area contributed by atoms with E-state index in [9.17, 15) is 9.59 Å². The molecule has 1 saturated heterocycles. The highest BCUT2D eigenvalue weighted by molar-refractivity contribution is 5.84. The average Bonchev–Trinajstić information content (AvgIpc) is 3.29. The lowest BCUT2D eigenvalue weighted by molar-refractivity contribution is -0.165. The van der Waals surface area contributed by atoms with Gasteiger partial charge in [-0.05, 0) is 17.7 Å². The minimum Gasteiger partial charge on any atom is -0.493 e. The van der Waals surface area contributed by atoms with Gasteiger partial charge in [0.05, 0.1) is 26.5 Å². The number of nitrogens with zero attached hydrogens (tertiary/aromatic N) is 2. The Morgan fingerprint density at radius 2 is 1.62 bits per heavy atom. The summed E-state index contributed by atoms with van der Waals surface area (Å²) in [5.74, 6) is -1.52. The lowest BCUT2D eigenvalue weighted by Gasteiger charge is -2.17. The van der Waals surface area contributed by atoms with Gasteiger partial charge in [0.15, 0.2) is 23.7 Å². The van der Waals surface area contributed by atoms with Crippen LogP contribution < -0.4 is 14.8 Å². The Balaban J connectivity index is 0.000000347. The molecule has 2 aromatic rings. The highest BCUT2D eigenvalue weighted by Gasteiger charge is 2.29. The predicted molar refractivity (Wildman–Crippen MR) is 120 cm³/mol. The number of carboxylic acids is 2. The summed E-state index contributed by atoms with van der Waals surface area (Å²) >= 11 is 0. The first kappa shape index (κ1) is 26.4. The minimum absolute atomic E-state index is 0.507. The van der Waals surface area contributed by atoms with Gasteiger partial charge in [-0.15, -0.1) is 0 Å². The van der Waals surface area contributed by atoms with Gasteiger partial charge in [-0.25, -0.2) is 19.6 Å². The maximum atomic E-state index is 9.77. The maximum Gasteiger partial charge on any atom is 0.335 e. The average molecular weight is 477 g/mol. The first-order chi connectivity index (χ1) is 16.3. The Kier molecular flexibility index (Phi) is 10.1. The quantitative estimate of drug-likeness (QED) is 0.343. The number of aliphatic carboxylic acids is 2. The van der Waals surface area contributed by atoms with Crippen LogP contribution in [0.1, 0.15) is 5.56 Å². The third-order valence-corrected chi connectivity index (χ3v) is 4.47. The van der Waals surface area contributed by atoms with E-state index in [0.29, 0.717) is 24.1 Å². The highest BCUT2D eigenvalue weighted by atomic mass is 16.7. The third-order valence-electron chi connectivity index (χ3n) is 4.47. The number of methoxy groups -OCH3 is 2. The van der Waals surface area contributed by atoms with Crippen molar-refractivity contribution in [2.24, 2.45) is 4.99 Å². The first-order valence-electron chi connectivity index (χ1n) is 10.1. The number of benzene rings is 2. The molecule has 34 heavy (non-hydrogen) atoms. The van der Waals surface area contributed by atoms with E-state index < -0.39 is 24.1 Å². The standard InChI is InChI=1S/C18H21N3O3.C4H6O6/c1-22-16-9-8-15(12-17(16)23-2)20-18-19-10-11-21(18)24-13-14-6-4-3-5-7-14;5-1(3(7)8)2(6)4(9)10/h3-9,12H,10-11,13H2,1-2H3,(H,19,20);1-2,5-6H,(H,7,8)(H,9,10). The molecule has 0 amide bonds. The van der Waals surface area contributed by atoms with Crippen LogP contribution in [0.15, 0.2) is 53.5 Å². The van der Waals surface area contributed by atoms with Crippen LogP contribution in [0.5, 0.6) is 11.5 Å². The van der Waals surface area contributed by atoms with Crippen LogP contribution in [-0.2, 0) is 21.0 Å². The number of ether oxygens (including phenoxy) is 2. The molecule has 0 aliphatic carbocycles. The second-order valence-corrected chi connectivity index (χ2v) is 6.83. The number of hydroxylamine groups is 2. The molecule has 12 heteroatoms. The molecule has 3 rings (SSSR count). The van der Waals surface area contributed by atoms with E-state index in [4.69, 9.17) is 34.7 Å². The van der Waals surface area contributed by atoms with Crippen molar-refractivity contribution in [2.45, 2.75) is 18.8 Å². The Bertz CT molecular complexity index is 967. The zero-order chi connectivity index (χ0) is 25.1. The summed E-state index contributed by atoms with van der Waals surface area (Å²) in [6, 6.07) is 15.6. The Morgan fingerprint density at radius 3 is 2.18 bits per heavy atom. The second kappa shape index (κ2) is 13.0. The van der Waals surface area contributed by atoms with Crippen molar-refractivity contribution >= 4 is 23.6 Å². The molecule has 12 nitrogen and oxygen atoms in total. The summed E-state index contributed by atoms with van der Waals surface area (Å²) in [4.78, 5) is 30.0. The number of hydrogen-bond acceptors (Lipinski definition) is 8. The molecule has 1 heterocycles. The number of aliphatic hydroxyl groups excluding tert-OH is 2. The summed E-state index contributed by atoms with van der Waals surface area (Å²) in [5.41, 5.74) is 1.89. The van der Waals surface area contributed by atoms with Crippen molar-refractivity contribution < 1.29 is 44.3 Å². The van der Waals surface area contributed by atoms with Crippen molar-refractivity contribution in [3.8, 4) is 11.5 Å².